The zero-order chi connectivity index (χ0) is 15.2. The topological polar surface area (TPSA) is 50.2 Å². The van der Waals surface area contributed by atoms with Crippen molar-refractivity contribution in [1.82, 2.24) is 14.7 Å². The van der Waals surface area contributed by atoms with Gasteiger partial charge in [-0.15, -0.1) is 0 Å². The highest BCUT2D eigenvalue weighted by molar-refractivity contribution is 7.99. The van der Waals surface area contributed by atoms with Crippen molar-refractivity contribution >= 4 is 29.1 Å². The minimum Gasteiger partial charge on any atom is -0.381 e. The van der Waals surface area contributed by atoms with Crippen molar-refractivity contribution in [1.29, 1.82) is 0 Å². The Morgan fingerprint density at radius 1 is 1.52 bits per heavy atom. The summed E-state index contributed by atoms with van der Waals surface area (Å²) in [4.78, 5) is 14.2. The minimum atomic E-state index is -0.222. The molecule has 1 aliphatic heterocycles. The SMILES string of the molecule is CN(C)CCn1ncc(NCC2CCCCS2)c(Cl)c1=O. The quantitative estimate of drug-likeness (QED) is 0.866. The second-order valence-electron chi connectivity index (χ2n) is 5.57. The summed E-state index contributed by atoms with van der Waals surface area (Å²) in [6.07, 6.45) is 5.48. The first-order chi connectivity index (χ1) is 10.1. The average Bonchev–Trinajstić information content (AvgIpc) is 2.48. The molecule has 1 unspecified atom stereocenters. The Labute approximate surface area is 135 Å². The number of likely N-dealkylation sites (N-methyl/N-ethyl adjacent to an activating group) is 1. The van der Waals surface area contributed by atoms with Crippen molar-refractivity contribution in [3.63, 3.8) is 0 Å². The molecular formula is C14H23ClN4OS. The monoisotopic (exact) mass is 330 g/mol. The molecule has 0 bridgehead atoms. The van der Waals surface area contributed by atoms with Crippen LogP contribution >= 0.6 is 23.4 Å². The first kappa shape index (κ1) is 16.6. The number of rotatable bonds is 6. The molecule has 1 aromatic rings. The Balaban J connectivity index is 1.97. The molecule has 118 valence electrons. The van der Waals surface area contributed by atoms with E-state index in [0.717, 1.165) is 13.1 Å². The van der Waals surface area contributed by atoms with Gasteiger partial charge < -0.3 is 10.2 Å². The Morgan fingerprint density at radius 2 is 2.33 bits per heavy atom. The average molecular weight is 331 g/mol. The number of hydrogen-bond acceptors (Lipinski definition) is 5. The number of nitrogens with one attached hydrogen (secondary N) is 1. The van der Waals surface area contributed by atoms with E-state index in [4.69, 9.17) is 11.6 Å². The summed E-state index contributed by atoms with van der Waals surface area (Å²) in [7, 11) is 3.93. The molecular weight excluding hydrogens is 308 g/mol. The number of anilines is 1. The third-order valence-electron chi connectivity index (χ3n) is 3.54. The molecule has 2 heterocycles. The van der Waals surface area contributed by atoms with E-state index in [0.29, 0.717) is 17.5 Å². The van der Waals surface area contributed by atoms with E-state index in [-0.39, 0.29) is 10.6 Å². The van der Waals surface area contributed by atoms with Crippen molar-refractivity contribution < 1.29 is 0 Å². The van der Waals surface area contributed by atoms with Crippen molar-refractivity contribution in [2.75, 3.05) is 38.3 Å². The lowest BCUT2D eigenvalue weighted by Crippen LogP contribution is -2.30. The van der Waals surface area contributed by atoms with Crippen LogP contribution in [0, 0.1) is 0 Å². The Kier molecular flexibility index (Phi) is 6.39. The van der Waals surface area contributed by atoms with Crippen LogP contribution in [-0.4, -0.2) is 52.9 Å². The van der Waals surface area contributed by atoms with Crippen LogP contribution < -0.4 is 10.9 Å². The molecule has 0 spiro atoms. The fourth-order valence-electron chi connectivity index (χ4n) is 2.23. The summed E-state index contributed by atoms with van der Waals surface area (Å²) >= 11 is 8.17. The van der Waals surface area contributed by atoms with Gasteiger partial charge in [0.15, 0.2) is 0 Å². The number of nitrogens with zero attached hydrogens (tertiary/aromatic N) is 3. The van der Waals surface area contributed by atoms with E-state index in [9.17, 15) is 4.79 Å². The fraction of sp³-hybridized carbons (Fsp3) is 0.714. The molecule has 1 aromatic heterocycles. The van der Waals surface area contributed by atoms with Gasteiger partial charge in [0, 0.05) is 18.3 Å². The first-order valence-electron chi connectivity index (χ1n) is 7.33. The molecule has 0 aromatic carbocycles. The maximum Gasteiger partial charge on any atom is 0.287 e. The van der Waals surface area contributed by atoms with Gasteiger partial charge in [-0.05, 0) is 32.7 Å². The summed E-state index contributed by atoms with van der Waals surface area (Å²) in [5.41, 5.74) is 0.425. The van der Waals surface area contributed by atoms with Crippen LogP contribution in [0.4, 0.5) is 5.69 Å². The maximum atomic E-state index is 12.2. The molecule has 0 radical (unpaired) electrons. The van der Waals surface area contributed by atoms with E-state index < -0.39 is 0 Å². The lowest BCUT2D eigenvalue weighted by Gasteiger charge is -2.22. The van der Waals surface area contributed by atoms with E-state index in [1.165, 1.54) is 29.7 Å². The summed E-state index contributed by atoms with van der Waals surface area (Å²) < 4.78 is 1.42. The predicted molar refractivity (Wildman–Crippen MR) is 90.6 cm³/mol. The molecule has 1 atom stereocenters. The highest BCUT2D eigenvalue weighted by Crippen LogP contribution is 2.26. The van der Waals surface area contributed by atoms with Crippen molar-refractivity contribution in [2.45, 2.75) is 31.1 Å². The number of aromatic nitrogens is 2. The molecule has 0 amide bonds. The van der Waals surface area contributed by atoms with E-state index in [1.54, 1.807) is 6.20 Å². The smallest absolute Gasteiger partial charge is 0.287 e. The number of halogens is 1. The lowest BCUT2D eigenvalue weighted by molar-refractivity contribution is 0.367. The van der Waals surface area contributed by atoms with E-state index >= 15 is 0 Å². The van der Waals surface area contributed by atoms with E-state index in [2.05, 4.69) is 10.4 Å². The Bertz CT molecular complexity index is 514. The number of thioether (sulfide) groups is 1. The Hall–Kier alpha value is -0.720. The largest absolute Gasteiger partial charge is 0.381 e. The normalized spacial score (nSPS) is 19.0. The standard InChI is InChI=1S/C14H23ClN4OS/c1-18(2)6-7-19-14(20)13(15)12(10-17-19)16-9-11-5-3-4-8-21-11/h10-11,16H,3-9H2,1-2H3. The third-order valence-corrected chi connectivity index (χ3v) is 5.30. The van der Waals surface area contributed by atoms with Gasteiger partial charge >= 0.3 is 0 Å². The van der Waals surface area contributed by atoms with Crippen LogP contribution in [0.3, 0.4) is 0 Å². The van der Waals surface area contributed by atoms with Crippen LogP contribution in [-0.2, 0) is 6.54 Å². The highest BCUT2D eigenvalue weighted by atomic mass is 35.5. The van der Waals surface area contributed by atoms with E-state index in [1.807, 2.05) is 30.8 Å². The summed E-state index contributed by atoms with van der Waals surface area (Å²) in [6.45, 7) is 2.15. The molecule has 1 N–H and O–H groups in total. The molecule has 1 saturated heterocycles. The molecule has 0 aliphatic carbocycles. The second-order valence-corrected chi connectivity index (χ2v) is 7.36. The summed E-state index contributed by atoms with van der Waals surface area (Å²) in [6, 6.07) is 0. The molecule has 0 saturated carbocycles. The van der Waals surface area contributed by atoms with Crippen LogP contribution in [0.2, 0.25) is 5.02 Å². The fourth-order valence-corrected chi connectivity index (χ4v) is 3.69. The molecule has 7 heteroatoms. The van der Waals surface area contributed by atoms with Gasteiger partial charge in [0.25, 0.3) is 5.56 Å². The molecule has 2 rings (SSSR count). The molecule has 21 heavy (non-hydrogen) atoms. The number of hydrogen-bond donors (Lipinski definition) is 1. The second kappa shape index (κ2) is 8.06. The maximum absolute atomic E-state index is 12.2. The van der Waals surface area contributed by atoms with Gasteiger partial charge in [-0.25, -0.2) is 4.68 Å². The van der Waals surface area contributed by atoms with Crippen LogP contribution in [0.25, 0.3) is 0 Å². The molecule has 1 fully saturated rings. The highest BCUT2D eigenvalue weighted by Gasteiger charge is 2.15. The summed E-state index contributed by atoms with van der Waals surface area (Å²) in [5.74, 6) is 1.23. The van der Waals surface area contributed by atoms with Gasteiger partial charge in [0.05, 0.1) is 18.4 Å². The Morgan fingerprint density at radius 3 is 3.00 bits per heavy atom. The zero-order valence-corrected chi connectivity index (χ0v) is 14.2. The molecule has 5 nitrogen and oxygen atoms in total. The minimum absolute atomic E-state index is 0.222. The van der Waals surface area contributed by atoms with Crippen LogP contribution in [0.1, 0.15) is 19.3 Å². The van der Waals surface area contributed by atoms with Crippen molar-refractivity contribution in [2.24, 2.45) is 0 Å². The van der Waals surface area contributed by atoms with Gasteiger partial charge in [-0.1, -0.05) is 18.0 Å². The molecule has 1 aliphatic rings. The van der Waals surface area contributed by atoms with Gasteiger partial charge in [-0.2, -0.15) is 16.9 Å². The first-order valence-corrected chi connectivity index (χ1v) is 8.76. The van der Waals surface area contributed by atoms with Crippen LogP contribution in [0.5, 0.6) is 0 Å². The van der Waals surface area contributed by atoms with Gasteiger partial charge in [0.1, 0.15) is 5.02 Å². The predicted octanol–water partition coefficient (Wildman–Crippen LogP) is 2.16. The van der Waals surface area contributed by atoms with Crippen LogP contribution in [0.15, 0.2) is 11.0 Å². The van der Waals surface area contributed by atoms with Crippen molar-refractivity contribution in [3.05, 3.63) is 21.6 Å². The summed E-state index contributed by atoms with van der Waals surface area (Å²) in [5, 5.41) is 8.32. The van der Waals surface area contributed by atoms with Gasteiger partial charge in [-0.3, -0.25) is 4.79 Å². The zero-order valence-electron chi connectivity index (χ0n) is 12.6. The third kappa shape index (κ3) is 4.90. The lowest BCUT2D eigenvalue weighted by atomic mass is 10.2. The van der Waals surface area contributed by atoms with Crippen molar-refractivity contribution in [3.8, 4) is 0 Å². The van der Waals surface area contributed by atoms with Gasteiger partial charge in [0.2, 0.25) is 0 Å².